The van der Waals surface area contributed by atoms with Gasteiger partial charge < -0.3 is 5.32 Å². The molecule has 0 saturated carbocycles. The van der Waals surface area contributed by atoms with Crippen LogP contribution in [0.2, 0.25) is 0 Å². The average Bonchev–Trinajstić information content (AvgIpc) is 2.39. The molecule has 1 atom stereocenters. The van der Waals surface area contributed by atoms with E-state index in [1.54, 1.807) is 0 Å². The number of benzene rings is 1. The lowest BCUT2D eigenvalue weighted by molar-refractivity contribution is 0.545. The number of pyridine rings is 1. The Hall–Kier alpha value is -1.67. The van der Waals surface area contributed by atoms with Gasteiger partial charge in [0.05, 0.1) is 0 Å². The normalized spacial score (nSPS) is 12.4. The standard InChI is InChI=1S/C17H22N2/c1-13-10-14(2)12-15(11-13)17(18-3)8-7-16-6-4-5-9-19-16/h4-6,9-12,17-18H,7-8H2,1-3H3. The first-order valence-corrected chi connectivity index (χ1v) is 6.84. The van der Waals surface area contributed by atoms with Crippen LogP contribution >= 0.6 is 0 Å². The van der Waals surface area contributed by atoms with Crippen molar-refractivity contribution >= 4 is 0 Å². The van der Waals surface area contributed by atoms with Gasteiger partial charge >= 0.3 is 0 Å². The summed E-state index contributed by atoms with van der Waals surface area (Å²) in [6, 6.07) is 13.2. The van der Waals surface area contributed by atoms with Crippen molar-refractivity contribution in [3.8, 4) is 0 Å². The molecule has 0 saturated heterocycles. The number of aryl methyl sites for hydroxylation is 3. The number of aromatic nitrogens is 1. The highest BCUT2D eigenvalue weighted by molar-refractivity contribution is 5.30. The van der Waals surface area contributed by atoms with E-state index in [1.807, 2.05) is 25.4 Å². The van der Waals surface area contributed by atoms with E-state index in [2.05, 4.69) is 48.4 Å². The second-order valence-electron chi connectivity index (χ2n) is 5.12. The van der Waals surface area contributed by atoms with E-state index in [-0.39, 0.29) is 0 Å². The van der Waals surface area contributed by atoms with Gasteiger partial charge in [-0.25, -0.2) is 0 Å². The van der Waals surface area contributed by atoms with Gasteiger partial charge in [-0.15, -0.1) is 0 Å². The third-order valence-corrected chi connectivity index (χ3v) is 3.41. The Morgan fingerprint density at radius 2 is 1.84 bits per heavy atom. The van der Waals surface area contributed by atoms with Gasteiger partial charge in [0.15, 0.2) is 0 Å². The Kier molecular flexibility index (Phi) is 4.69. The van der Waals surface area contributed by atoms with Gasteiger partial charge in [-0.1, -0.05) is 35.4 Å². The Bertz CT molecular complexity index is 500. The Morgan fingerprint density at radius 1 is 1.11 bits per heavy atom. The van der Waals surface area contributed by atoms with Crippen LogP contribution in [0.15, 0.2) is 42.6 Å². The van der Waals surface area contributed by atoms with Gasteiger partial charge in [-0.2, -0.15) is 0 Å². The molecule has 2 aromatic rings. The predicted molar refractivity (Wildman–Crippen MR) is 80.3 cm³/mol. The summed E-state index contributed by atoms with van der Waals surface area (Å²) in [6.45, 7) is 4.31. The molecule has 0 aliphatic carbocycles. The van der Waals surface area contributed by atoms with Gasteiger partial charge in [0, 0.05) is 17.9 Å². The third kappa shape index (κ3) is 3.90. The maximum atomic E-state index is 4.39. The number of hydrogen-bond donors (Lipinski definition) is 1. The van der Waals surface area contributed by atoms with E-state index >= 15 is 0 Å². The van der Waals surface area contributed by atoms with Crippen molar-refractivity contribution in [3.05, 3.63) is 65.0 Å². The summed E-state index contributed by atoms with van der Waals surface area (Å²) in [5.41, 5.74) is 5.18. The minimum Gasteiger partial charge on any atom is -0.313 e. The second-order valence-corrected chi connectivity index (χ2v) is 5.12. The fourth-order valence-corrected chi connectivity index (χ4v) is 2.53. The van der Waals surface area contributed by atoms with Crippen molar-refractivity contribution in [2.45, 2.75) is 32.7 Å². The number of hydrogen-bond acceptors (Lipinski definition) is 2. The number of nitrogens with zero attached hydrogens (tertiary/aromatic N) is 1. The van der Waals surface area contributed by atoms with Crippen LogP contribution in [-0.4, -0.2) is 12.0 Å². The van der Waals surface area contributed by atoms with E-state index in [0.717, 1.165) is 18.5 Å². The first-order valence-electron chi connectivity index (χ1n) is 6.84. The fraction of sp³-hybridized carbons (Fsp3) is 0.353. The van der Waals surface area contributed by atoms with Crippen molar-refractivity contribution in [1.82, 2.24) is 10.3 Å². The van der Waals surface area contributed by atoms with Crippen LogP contribution in [-0.2, 0) is 6.42 Å². The molecular weight excluding hydrogens is 232 g/mol. The lowest BCUT2D eigenvalue weighted by Gasteiger charge is -2.17. The van der Waals surface area contributed by atoms with Crippen molar-refractivity contribution in [1.29, 1.82) is 0 Å². The van der Waals surface area contributed by atoms with Crippen LogP contribution in [0.4, 0.5) is 0 Å². The molecule has 1 N–H and O–H groups in total. The lowest BCUT2D eigenvalue weighted by atomic mass is 9.97. The fourth-order valence-electron chi connectivity index (χ4n) is 2.53. The largest absolute Gasteiger partial charge is 0.313 e. The smallest absolute Gasteiger partial charge is 0.0404 e. The van der Waals surface area contributed by atoms with Gasteiger partial charge in [0.1, 0.15) is 0 Å². The zero-order valence-electron chi connectivity index (χ0n) is 12.0. The summed E-state index contributed by atoms with van der Waals surface area (Å²) >= 11 is 0. The molecule has 0 aliphatic rings. The predicted octanol–water partition coefficient (Wildman–Crippen LogP) is 3.59. The van der Waals surface area contributed by atoms with Crippen LogP contribution in [0.3, 0.4) is 0 Å². The molecule has 0 fully saturated rings. The lowest BCUT2D eigenvalue weighted by Crippen LogP contribution is -2.17. The maximum absolute atomic E-state index is 4.39. The van der Waals surface area contributed by atoms with Gasteiger partial charge in [-0.3, -0.25) is 4.98 Å². The van der Waals surface area contributed by atoms with E-state index < -0.39 is 0 Å². The van der Waals surface area contributed by atoms with Crippen LogP contribution in [0.5, 0.6) is 0 Å². The van der Waals surface area contributed by atoms with Crippen LogP contribution in [0, 0.1) is 13.8 Å². The Morgan fingerprint density at radius 3 is 2.42 bits per heavy atom. The van der Waals surface area contributed by atoms with E-state index in [0.29, 0.717) is 6.04 Å². The Balaban J connectivity index is 2.07. The molecule has 19 heavy (non-hydrogen) atoms. The van der Waals surface area contributed by atoms with Crippen molar-refractivity contribution in [3.63, 3.8) is 0 Å². The van der Waals surface area contributed by atoms with Crippen molar-refractivity contribution < 1.29 is 0 Å². The van der Waals surface area contributed by atoms with Gasteiger partial charge in [0.25, 0.3) is 0 Å². The zero-order chi connectivity index (χ0) is 13.7. The highest BCUT2D eigenvalue weighted by Crippen LogP contribution is 2.21. The summed E-state index contributed by atoms with van der Waals surface area (Å²) in [7, 11) is 2.03. The van der Waals surface area contributed by atoms with Crippen molar-refractivity contribution in [2.24, 2.45) is 0 Å². The molecule has 0 amide bonds. The molecule has 2 nitrogen and oxygen atoms in total. The highest BCUT2D eigenvalue weighted by atomic mass is 14.9. The first kappa shape index (κ1) is 13.8. The third-order valence-electron chi connectivity index (χ3n) is 3.41. The van der Waals surface area contributed by atoms with Crippen molar-refractivity contribution in [2.75, 3.05) is 7.05 Å². The molecule has 1 heterocycles. The van der Waals surface area contributed by atoms with Gasteiger partial charge in [-0.05, 0) is 51.4 Å². The first-order chi connectivity index (χ1) is 9.19. The average molecular weight is 254 g/mol. The molecular formula is C17H22N2. The molecule has 1 aromatic heterocycles. The monoisotopic (exact) mass is 254 g/mol. The summed E-state index contributed by atoms with van der Waals surface area (Å²) in [5, 5.41) is 3.42. The van der Waals surface area contributed by atoms with E-state index in [4.69, 9.17) is 0 Å². The summed E-state index contributed by atoms with van der Waals surface area (Å²) < 4.78 is 0. The molecule has 0 aliphatic heterocycles. The number of rotatable bonds is 5. The van der Waals surface area contributed by atoms with E-state index in [1.165, 1.54) is 16.7 Å². The topological polar surface area (TPSA) is 24.9 Å². The van der Waals surface area contributed by atoms with E-state index in [9.17, 15) is 0 Å². The minimum atomic E-state index is 0.389. The molecule has 0 radical (unpaired) electrons. The molecule has 1 unspecified atom stereocenters. The highest BCUT2D eigenvalue weighted by Gasteiger charge is 2.10. The Labute approximate surface area is 115 Å². The zero-order valence-corrected chi connectivity index (χ0v) is 12.0. The summed E-state index contributed by atoms with van der Waals surface area (Å²) in [5.74, 6) is 0. The summed E-state index contributed by atoms with van der Waals surface area (Å²) in [4.78, 5) is 4.39. The molecule has 1 aromatic carbocycles. The molecule has 2 heteroatoms. The summed E-state index contributed by atoms with van der Waals surface area (Å²) in [6.07, 6.45) is 3.93. The van der Waals surface area contributed by atoms with Crippen LogP contribution < -0.4 is 5.32 Å². The number of nitrogens with one attached hydrogen (secondary N) is 1. The van der Waals surface area contributed by atoms with Crippen LogP contribution in [0.1, 0.15) is 34.8 Å². The SMILES string of the molecule is CNC(CCc1ccccn1)c1cc(C)cc(C)c1. The molecule has 0 bridgehead atoms. The molecule has 100 valence electrons. The molecule has 0 spiro atoms. The maximum Gasteiger partial charge on any atom is 0.0404 e. The van der Waals surface area contributed by atoms with Crippen LogP contribution in [0.25, 0.3) is 0 Å². The van der Waals surface area contributed by atoms with Gasteiger partial charge in [0.2, 0.25) is 0 Å². The second kappa shape index (κ2) is 6.48. The molecule has 2 rings (SSSR count). The quantitative estimate of drug-likeness (QED) is 0.882. The minimum absolute atomic E-state index is 0.389.